The van der Waals surface area contributed by atoms with Gasteiger partial charge in [-0.15, -0.1) is 0 Å². The molecular formula is C30H34FN7O6S. The summed E-state index contributed by atoms with van der Waals surface area (Å²) in [6, 6.07) is 8.77. The molecule has 0 spiro atoms. The second-order valence-corrected chi connectivity index (χ2v) is 12.7. The molecule has 1 aromatic heterocycles. The molecule has 0 saturated carbocycles. The van der Waals surface area contributed by atoms with Gasteiger partial charge in [-0.25, -0.2) is 32.3 Å². The summed E-state index contributed by atoms with van der Waals surface area (Å²) in [6.45, 7) is 5.44. The summed E-state index contributed by atoms with van der Waals surface area (Å²) < 4.78 is 41.3. The van der Waals surface area contributed by atoms with Crippen molar-refractivity contribution in [3.05, 3.63) is 66.1 Å². The number of nitrogens with zero attached hydrogens (tertiary/aromatic N) is 6. The van der Waals surface area contributed by atoms with E-state index in [1.54, 1.807) is 29.2 Å². The number of fused-ring (bicyclic) bond motifs is 1. The largest absolute Gasteiger partial charge is 0.480 e. The molecule has 2 aliphatic heterocycles. The summed E-state index contributed by atoms with van der Waals surface area (Å²) in [6.07, 6.45) is 2.68. The topological polar surface area (TPSA) is 156 Å². The Bertz CT molecular complexity index is 1680. The lowest BCUT2D eigenvalue weighted by atomic mass is 10.0. The fourth-order valence-electron chi connectivity index (χ4n) is 5.50. The van der Waals surface area contributed by atoms with E-state index in [4.69, 9.17) is 0 Å². The Morgan fingerprint density at radius 1 is 1.11 bits per heavy atom. The molecule has 15 heteroatoms. The van der Waals surface area contributed by atoms with Gasteiger partial charge in [0.25, 0.3) is 15.9 Å². The number of aliphatic carboxylic acids is 1. The highest BCUT2D eigenvalue weighted by Gasteiger charge is 2.48. The molecule has 2 saturated heterocycles. The number of carboxylic acid groups (broad SMARTS) is 1. The normalized spacial score (nSPS) is 16.9. The maximum Gasteiger partial charge on any atom is 0.332 e. The van der Waals surface area contributed by atoms with Gasteiger partial charge in [-0.2, -0.15) is 4.98 Å². The van der Waals surface area contributed by atoms with Crippen LogP contribution in [0.15, 0.2) is 59.6 Å². The number of imide groups is 1. The molecule has 0 unspecified atom stereocenters. The first-order valence-electron chi connectivity index (χ1n) is 14.6. The summed E-state index contributed by atoms with van der Waals surface area (Å²) in [5.74, 6) is -1.84. The number of anilines is 4. The van der Waals surface area contributed by atoms with Crippen LogP contribution in [0.1, 0.15) is 32.3 Å². The van der Waals surface area contributed by atoms with E-state index >= 15 is 0 Å². The highest BCUT2D eigenvalue weighted by molar-refractivity contribution is 7.92. The van der Waals surface area contributed by atoms with Crippen LogP contribution in [0.5, 0.6) is 0 Å². The Balaban J connectivity index is 1.43. The van der Waals surface area contributed by atoms with Crippen molar-refractivity contribution in [3.63, 3.8) is 0 Å². The minimum atomic E-state index is -4.20. The zero-order valence-corrected chi connectivity index (χ0v) is 25.9. The number of hydrogen-bond acceptors (Lipinski definition) is 9. The molecule has 2 atom stereocenters. The standard InChI is InChI=1S/C30H34FN7O6S/c1-4-36(5-2)29-32-18-25(35(3)45(43,44)22-14-10-20(31)11-15-22)26(34-29)33-23(28(40)41)17-19-8-12-21(13-9-19)38-27(39)24-7-6-16-37(24)30(38)42/h8-15,18,23-24H,4-7,16-17H2,1-3H3,(H,40,41)(H,32,33,34)/t23-,24+/m0/s1. The quantitative estimate of drug-likeness (QED) is 0.282. The van der Waals surface area contributed by atoms with Gasteiger partial charge >= 0.3 is 12.0 Å². The average molecular weight is 640 g/mol. The van der Waals surface area contributed by atoms with Crippen LogP contribution < -0.4 is 19.4 Å². The zero-order chi connectivity index (χ0) is 32.5. The Kier molecular flexibility index (Phi) is 8.91. The average Bonchev–Trinajstić information content (AvgIpc) is 3.60. The predicted octanol–water partition coefficient (Wildman–Crippen LogP) is 3.33. The summed E-state index contributed by atoms with van der Waals surface area (Å²) in [7, 11) is -2.92. The molecule has 238 valence electrons. The molecular weight excluding hydrogens is 605 g/mol. The van der Waals surface area contributed by atoms with Crippen LogP contribution in [-0.4, -0.2) is 85.1 Å². The van der Waals surface area contributed by atoms with Crippen LogP contribution >= 0.6 is 0 Å². The molecule has 2 aromatic carbocycles. The molecule has 3 amide bonds. The number of nitrogens with one attached hydrogen (secondary N) is 1. The number of rotatable bonds is 12. The number of halogens is 1. The Morgan fingerprint density at radius 2 is 1.78 bits per heavy atom. The van der Waals surface area contributed by atoms with Crippen LogP contribution in [0.4, 0.5) is 32.3 Å². The first kappa shape index (κ1) is 31.6. The minimum absolute atomic E-state index is 0.0107. The second kappa shape index (κ2) is 12.7. The molecule has 0 bridgehead atoms. The first-order chi connectivity index (χ1) is 21.5. The Hall–Kier alpha value is -4.79. The van der Waals surface area contributed by atoms with Gasteiger partial charge in [0.1, 0.15) is 23.6 Å². The zero-order valence-electron chi connectivity index (χ0n) is 25.1. The molecule has 0 radical (unpaired) electrons. The molecule has 45 heavy (non-hydrogen) atoms. The molecule has 3 aromatic rings. The number of carboxylic acids is 1. The highest BCUT2D eigenvalue weighted by atomic mass is 32.2. The van der Waals surface area contributed by atoms with Crippen molar-refractivity contribution >= 4 is 51.1 Å². The summed E-state index contributed by atoms with van der Waals surface area (Å²) in [5, 5.41) is 13.1. The molecule has 2 aliphatic rings. The van der Waals surface area contributed by atoms with Crippen molar-refractivity contribution in [2.45, 2.75) is 50.1 Å². The monoisotopic (exact) mass is 639 g/mol. The van der Waals surface area contributed by atoms with Crippen molar-refractivity contribution < 1.29 is 32.3 Å². The fraction of sp³-hybridized carbons (Fsp3) is 0.367. The molecule has 5 rings (SSSR count). The maximum absolute atomic E-state index is 13.5. The van der Waals surface area contributed by atoms with Crippen LogP contribution in [-0.2, 0) is 26.0 Å². The lowest BCUT2D eigenvalue weighted by Gasteiger charge is -2.26. The number of amides is 3. The van der Waals surface area contributed by atoms with Gasteiger partial charge in [-0.3, -0.25) is 9.10 Å². The number of hydrogen-bond donors (Lipinski definition) is 2. The molecule has 0 aliphatic carbocycles. The van der Waals surface area contributed by atoms with E-state index in [1.165, 1.54) is 13.2 Å². The van der Waals surface area contributed by atoms with Crippen LogP contribution in [0.3, 0.4) is 0 Å². The first-order valence-corrected chi connectivity index (χ1v) is 16.0. The number of carbonyl (C=O) groups excluding carboxylic acids is 2. The lowest BCUT2D eigenvalue weighted by Crippen LogP contribution is -2.35. The van der Waals surface area contributed by atoms with Crippen LogP contribution in [0, 0.1) is 5.82 Å². The van der Waals surface area contributed by atoms with Crippen molar-refractivity contribution in [1.82, 2.24) is 14.9 Å². The van der Waals surface area contributed by atoms with E-state index in [9.17, 15) is 32.3 Å². The van der Waals surface area contributed by atoms with Crippen molar-refractivity contribution in [2.24, 2.45) is 0 Å². The number of sulfonamides is 1. The van der Waals surface area contributed by atoms with Gasteiger partial charge in [0.05, 0.1) is 16.8 Å². The Morgan fingerprint density at radius 3 is 2.38 bits per heavy atom. The number of aromatic nitrogens is 2. The molecule has 2 N–H and O–H groups in total. The van der Waals surface area contributed by atoms with Crippen molar-refractivity contribution in [2.75, 3.05) is 46.1 Å². The third-order valence-corrected chi connectivity index (χ3v) is 9.84. The van der Waals surface area contributed by atoms with Gasteiger partial charge in [0, 0.05) is 33.1 Å². The summed E-state index contributed by atoms with van der Waals surface area (Å²) in [5.41, 5.74) is 0.978. The third-order valence-electron chi connectivity index (χ3n) is 8.05. The van der Waals surface area contributed by atoms with Gasteiger partial charge in [0.2, 0.25) is 5.95 Å². The van der Waals surface area contributed by atoms with E-state index in [1.807, 2.05) is 18.7 Å². The van der Waals surface area contributed by atoms with Gasteiger partial charge in [-0.1, -0.05) is 12.1 Å². The number of carbonyl (C=O) groups is 3. The highest BCUT2D eigenvalue weighted by Crippen LogP contribution is 2.33. The van der Waals surface area contributed by atoms with Gasteiger partial charge < -0.3 is 20.2 Å². The summed E-state index contributed by atoms with van der Waals surface area (Å²) in [4.78, 5) is 51.3. The van der Waals surface area contributed by atoms with Crippen LogP contribution in [0.25, 0.3) is 0 Å². The smallest absolute Gasteiger partial charge is 0.332 e. The van der Waals surface area contributed by atoms with E-state index in [0.29, 0.717) is 37.3 Å². The van der Waals surface area contributed by atoms with Crippen molar-refractivity contribution in [1.29, 1.82) is 0 Å². The lowest BCUT2D eigenvalue weighted by molar-refractivity contribution is -0.137. The van der Waals surface area contributed by atoms with E-state index in [2.05, 4.69) is 15.3 Å². The van der Waals surface area contributed by atoms with Gasteiger partial charge in [-0.05, 0) is 68.7 Å². The fourth-order valence-corrected chi connectivity index (χ4v) is 6.69. The molecule has 2 fully saturated rings. The maximum atomic E-state index is 13.5. The van der Waals surface area contributed by atoms with Crippen LogP contribution in [0.2, 0.25) is 0 Å². The van der Waals surface area contributed by atoms with E-state index in [0.717, 1.165) is 39.9 Å². The SMILES string of the molecule is CCN(CC)c1ncc(N(C)S(=O)(=O)c2ccc(F)cc2)c(N[C@@H](Cc2ccc(N3C(=O)[C@H]4CCCN4C3=O)cc2)C(=O)O)n1. The summed E-state index contributed by atoms with van der Waals surface area (Å²) >= 11 is 0. The third kappa shape index (κ3) is 6.12. The number of benzene rings is 2. The molecule has 13 nitrogen and oxygen atoms in total. The Labute approximate surface area is 260 Å². The van der Waals surface area contributed by atoms with Crippen molar-refractivity contribution in [3.8, 4) is 0 Å². The van der Waals surface area contributed by atoms with E-state index < -0.39 is 33.9 Å². The minimum Gasteiger partial charge on any atom is -0.480 e. The number of urea groups is 1. The second-order valence-electron chi connectivity index (χ2n) is 10.7. The van der Waals surface area contributed by atoms with Gasteiger partial charge in [0.15, 0.2) is 5.82 Å². The predicted molar refractivity (Wildman–Crippen MR) is 165 cm³/mol. The molecule has 3 heterocycles. The van der Waals surface area contributed by atoms with E-state index in [-0.39, 0.29) is 40.7 Å².